The second kappa shape index (κ2) is 7.13. The fourth-order valence-corrected chi connectivity index (χ4v) is 4.56. The van der Waals surface area contributed by atoms with Crippen LogP contribution in [0.5, 0.6) is 5.75 Å². The first-order valence-electron chi connectivity index (χ1n) is 10.6. The van der Waals surface area contributed by atoms with Crippen molar-refractivity contribution in [1.29, 1.82) is 0 Å². The predicted octanol–water partition coefficient (Wildman–Crippen LogP) is 2.90. The average molecular weight is 433 g/mol. The maximum atomic E-state index is 6.41. The third-order valence-corrected chi connectivity index (χ3v) is 5.94. The van der Waals surface area contributed by atoms with Crippen molar-refractivity contribution in [3.63, 3.8) is 0 Å². The van der Waals surface area contributed by atoms with Crippen molar-refractivity contribution in [1.82, 2.24) is 19.6 Å². The summed E-state index contributed by atoms with van der Waals surface area (Å²) in [6.07, 6.45) is 1.92. The molecule has 9 nitrogen and oxygen atoms in total. The highest BCUT2D eigenvalue weighted by molar-refractivity contribution is 5.79. The van der Waals surface area contributed by atoms with Crippen LogP contribution in [0.25, 0.3) is 16.4 Å². The second-order valence-electron chi connectivity index (χ2n) is 8.53. The summed E-state index contributed by atoms with van der Waals surface area (Å²) in [5.74, 6) is 0.421. The maximum absolute atomic E-state index is 6.41. The Bertz CT molecular complexity index is 1310. The smallest absolute Gasteiger partial charge is 0.164 e. The zero-order chi connectivity index (χ0) is 21.9. The zero-order valence-corrected chi connectivity index (χ0v) is 17.7. The van der Waals surface area contributed by atoms with Crippen molar-refractivity contribution in [2.75, 3.05) is 12.3 Å². The molecule has 2 aliphatic rings. The molecule has 9 heteroatoms. The second-order valence-corrected chi connectivity index (χ2v) is 8.53. The molecule has 4 aromatic rings. The third kappa shape index (κ3) is 3.17. The molecule has 1 aromatic carbocycles. The summed E-state index contributed by atoms with van der Waals surface area (Å²) < 4.78 is 26.7. The van der Waals surface area contributed by atoms with E-state index in [4.69, 9.17) is 24.7 Å². The molecule has 2 saturated heterocycles. The molecule has 0 amide bonds. The fraction of sp³-hybridized carbons (Fsp3) is 0.348. The van der Waals surface area contributed by atoms with Crippen molar-refractivity contribution in [3.8, 4) is 5.75 Å². The first-order valence-corrected chi connectivity index (χ1v) is 10.6. The van der Waals surface area contributed by atoms with Crippen molar-refractivity contribution in [2.24, 2.45) is 0 Å². The number of anilines is 1. The van der Waals surface area contributed by atoms with Crippen molar-refractivity contribution >= 4 is 22.2 Å². The SMILES string of the molecule is CC1(C)O[C@@H]2[C@H](O1)C(COc1ccc3cccnc3c1)O[C@H]2c1ccc2c(N)ncnn12. The number of ether oxygens (including phenoxy) is 4. The number of rotatable bonds is 4. The molecule has 32 heavy (non-hydrogen) atoms. The van der Waals surface area contributed by atoms with E-state index < -0.39 is 5.79 Å². The van der Waals surface area contributed by atoms with E-state index in [1.807, 2.05) is 56.3 Å². The molecule has 1 unspecified atom stereocenters. The van der Waals surface area contributed by atoms with Crippen LogP contribution in [0.15, 0.2) is 55.0 Å². The molecule has 0 aliphatic carbocycles. The van der Waals surface area contributed by atoms with Gasteiger partial charge in [0.2, 0.25) is 0 Å². The van der Waals surface area contributed by atoms with Gasteiger partial charge in [0.15, 0.2) is 11.6 Å². The number of aromatic nitrogens is 4. The standard InChI is InChI=1S/C23H23N5O4/c1-23(2)31-20-18(11-29-14-6-5-13-4-3-9-25-15(13)10-14)30-19(21(20)32-23)16-7-8-17-22(24)26-12-27-28(16)17/h3-10,12,18-21H,11H2,1-2H3,(H2,24,26,27)/t18?,19-,20+,21-/m0/s1. The van der Waals surface area contributed by atoms with Gasteiger partial charge in [-0.3, -0.25) is 4.98 Å². The number of nitrogens with two attached hydrogens (primary N) is 1. The molecule has 164 valence electrons. The molecule has 6 rings (SSSR count). The Morgan fingerprint density at radius 2 is 1.97 bits per heavy atom. The lowest BCUT2D eigenvalue weighted by molar-refractivity contribution is -0.190. The summed E-state index contributed by atoms with van der Waals surface area (Å²) >= 11 is 0. The summed E-state index contributed by atoms with van der Waals surface area (Å²) in [5, 5.41) is 5.42. The van der Waals surface area contributed by atoms with Gasteiger partial charge in [-0.25, -0.2) is 9.50 Å². The summed E-state index contributed by atoms with van der Waals surface area (Å²) in [5.41, 5.74) is 8.45. The molecule has 0 spiro atoms. The highest BCUT2D eigenvalue weighted by Crippen LogP contribution is 2.45. The van der Waals surface area contributed by atoms with Crippen molar-refractivity contribution in [2.45, 2.75) is 44.1 Å². The van der Waals surface area contributed by atoms with Crippen LogP contribution in [0, 0.1) is 0 Å². The predicted molar refractivity (Wildman–Crippen MR) is 116 cm³/mol. The minimum absolute atomic E-state index is 0.279. The molecular formula is C23H23N5O4. The van der Waals surface area contributed by atoms with Gasteiger partial charge in [-0.1, -0.05) is 6.07 Å². The van der Waals surface area contributed by atoms with E-state index in [0.29, 0.717) is 12.4 Å². The van der Waals surface area contributed by atoms with Crippen LogP contribution >= 0.6 is 0 Å². The molecule has 2 N–H and O–H groups in total. The van der Waals surface area contributed by atoms with Gasteiger partial charge in [-0.2, -0.15) is 5.10 Å². The topological polar surface area (TPSA) is 106 Å². The number of nitrogens with zero attached hydrogens (tertiary/aromatic N) is 4. The van der Waals surface area contributed by atoms with Crippen LogP contribution in [0.4, 0.5) is 5.82 Å². The van der Waals surface area contributed by atoms with Crippen LogP contribution in [0.3, 0.4) is 0 Å². The first-order chi connectivity index (χ1) is 15.5. The third-order valence-electron chi connectivity index (χ3n) is 5.94. The number of benzene rings is 1. The van der Waals surface area contributed by atoms with E-state index in [0.717, 1.165) is 27.9 Å². The summed E-state index contributed by atoms with van der Waals surface area (Å²) in [4.78, 5) is 8.46. The normalized spacial score (nSPS) is 26.6. The molecule has 0 bridgehead atoms. The number of hydrogen-bond acceptors (Lipinski definition) is 8. The van der Waals surface area contributed by atoms with E-state index in [1.54, 1.807) is 10.7 Å². The van der Waals surface area contributed by atoms with E-state index in [2.05, 4.69) is 15.1 Å². The monoisotopic (exact) mass is 433 g/mol. The number of pyridine rings is 1. The van der Waals surface area contributed by atoms with Crippen LogP contribution in [0.1, 0.15) is 25.6 Å². The lowest BCUT2D eigenvalue weighted by Gasteiger charge is -2.24. The van der Waals surface area contributed by atoms with Crippen molar-refractivity contribution < 1.29 is 18.9 Å². The minimum Gasteiger partial charge on any atom is -0.491 e. The molecule has 3 aromatic heterocycles. The maximum Gasteiger partial charge on any atom is 0.164 e. The van der Waals surface area contributed by atoms with E-state index >= 15 is 0 Å². The average Bonchev–Trinajstić information content (AvgIpc) is 3.44. The quantitative estimate of drug-likeness (QED) is 0.524. The van der Waals surface area contributed by atoms with E-state index in [-0.39, 0.29) is 24.4 Å². The van der Waals surface area contributed by atoms with Gasteiger partial charge < -0.3 is 24.7 Å². The number of fused-ring (bicyclic) bond motifs is 3. The summed E-state index contributed by atoms with van der Waals surface area (Å²) in [6.45, 7) is 4.13. The molecule has 4 atom stereocenters. The van der Waals surface area contributed by atoms with Gasteiger partial charge >= 0.3 is 0 Å². The zero-order valence-electron chi connectivity index (χ0n) is 17.7. The summed E-state index contributed by atoms with van der Waals surface area (Å²) in [6, 6.07) is 13.6. The number of nitrogen functional groups attached to an aromatic ring is 1. The van der Waals surface area contributed by atoms with Gasteiger partial charge in [-0.15, -0.1) is 0 Å². The van der Waals surface area contributed by atoms with E-state index in [1.165, 1.54) is 6.33 Å². The Balaban J connectivity index is 1.28. The fourth-order valence-electron chi connectivity index (χ4n) is 4.56. The van der Waals surface area contributed by atoms with Gasteiger partial charge in [-0.05, 0) is 44.2 Å². The largest absolute Gasteiger partial charge is 0.491 e. The van der Waals surface area contributed by atoms with Crippen LogP contribution < -0.4 is 10.5 Å². The molecular weight excluding hydrogens is 410 g/mol. The van der Waals surface area contributed by atoms with Gasteiger partial charge in [0.1, 0.15) is 48.6 Å². The lowest BCUT2D eigenvalue weighted by atomic mass is 10.1. The summed E-state index contributed by atoms with van der Waals surface area (Å²) in [7, 11) is 0. The highest BCUT2D eigenvalue weighted by Gasteiger charge is 2.56. The molecule has 0 saturated carbocycles. The Hall–Kier alpha value is -3.27. The minimum atomic E-state index is -0.719. The van der Waals surface area contributed by atoms with Crippen LogP contribution in [-0.2, 0) is 14.2 Å². The Kier molecular flexibility index (Phi) is 4.32. The lowest BCUT2D eigenvalue weighted by Crippen LogP contribution is -2.33. The molecule has 0 radical (unpaired) electrons. The number of hydrogen-bond donors (Lipinski definition) is 1. The van der Waals surface area contributed by atoms with Gasteiger partial charge in [0, 0.05) is 17.6 Å². The molecule has 2 fully saturated rings. The van der Waals surface area contributed by atoms with Gasteiger partial charge in [0.05, 0.1) is 11.2 Å². The van der Waals surface area contributed by atoms with Crippen LogP contribution in [0.2, 0.25) is 0 Å². The van der Waals surface area contributed by atoms with Crippen molar-refractivity contribution in [3.05, 3.63) is 60.7 Å². The Morgan fingerprint density at radius 1 is 1.09 bits per heavy atom. The molecule has 5 heterocycles. The van der Waals surface area contributed by atoms with E-state index in [9.17, 15) is 0 Å². The van der Waals surface area contributed by atoms with Gasteiger partial charge in [0.25, 0.3) is 0 Å². The first kappa shape index (κ1) is 19.4. The Labute approximate surface area is 184 Å². The highest BCUT2D eigenvalue weighted by atomic mass is 16.8. The van der Waals surface area contributed by atoms with Crippen LogP contribution in [-0.4, -0.2) is 50.3 Å². The molecule has 2 aliphatic heterocycles. The Morgan fingerprint density at radius 3 is 2.88 bits per heavy atom.